The zero-order chi connectivity index (χ0) is 14.4. The van der Waals surface area contributed by atoms with E-state index in [0.717, 1.165) is 0 Å². The highest BCUT2D eigenvalue weighted by molar-refractivity contribution is 5.85. The van der Waals surface area contributed by atoms with Gasteiger partial charge >= 0.3 is 5.97 Å². The van der Waals surface area contributed by atoms with Gasteiger partial charge in [-0.2, -0.15) is 0 Å². The number of methoxy groups -OCH3 is 1. The Kier molecular flexibility index (Phi) is 4.99. The van der Waals surface area contributed by atoms with Crippen LogP contribution in [0.25, 0.3) is 0 Å². The lowest BCUT2D eigenvalue weighted by Gasteiger charge is -2.11. The number of esters is 1. The molecule has 102 valence electrons. The van der Waals surface area contributed by atoms with Crippen LogP contribution in [0.4, 0.5) is 5.69 Å². The molecular weight excluding hydrogens is 252 g/mol. The van der Waals surface area contributed by atoms with Crippen molar-refractivity contribution in [2.24, 2.45) is 0 Å². The van der Waals surface area contributed by atoms with Crippen LogP contribution in [-0.4, -0.2) is 30.0 Å². The van der Waals surface area contributed by atoms with Crippen LogP contribution >= 0.6 is 0 Å². The van der Waals surface area contributed by atoms with Gasteiger partial charge in [-0.1, -0.05) is 18.2 Å². The van der Waals surface area contributed by atoms with Crippen LogP contribution in [0, 0.1) is 10.1 Å². The maximum Gasteiger partial charge on any atom is 0.328 e. The number of nitro groups is 1. The van der Waals surface area contributed by atoms with Crippen molar-refractivity contribution in [3.63, 3.8) is 0 Å². The first-order valence-corrected chi connectivity index (χ1v) is 5.55. The number of carbonyl (C=O) groups is 2. The van der Waals surface area contributed by atoms with Gasteiger partial charge in [-0.3, -0.25) is 14.9 Å². The molecular formula is C12H14N2O5. The summed E-state index contributed by atoms with van der Waals surface area (Å²) in [5, 5.41) is 13.2. The van der Waals surface area contributed by atoms with E-state index < -0.39 is 22.8 Å². The molecule has 0 heterocycles. The van der Waals surface area contributed by atoms with Crippen molar-refractivity contribution >= 4 is 17.6 Å². The van der Waals surface area contributed by atoms with Crippen LogP contribution < -0.4 is 5.32 Å². The second-order valence-corrected chi connectivity index (χ2v) is 3.87. The summed E-state index contributed by atoms with van der Waals surface area (Å²) >= 11 is 0. The molecule has 0 aliphatic rings. The summed E-state index contributed by atoms with van der Waals surface area (Å²) < 4.78 is 4.46. The number of hydrogen-bond acceptors (Lipinski definition) is 5. The molecule has 1 amide bonds. The number of carbonyl (C=O) groups excluding carboxylic acids is 2. The molecule has 7 nitrogen and oxygen atoms in total. The maximum absolute atomic E-state index is 11.7. The minimum Gasteiger partial charge on any atom is -0.467 e. The van der Waals surface area contributed by atoms with Gasteiger partial charge in [0.1, 0.15) is 6.04 Å². The topological polar surface area (TPSA) is 98.5 Å². The van der Waals surface area contributed by atoms with Crippen LogP contribution in [0.3, 0.4) is 0 Å². The van der Waals surface area contributed by atoms with Gasteiger partial charge in [-0.15, -0.1) is 0 Å². The number of rotatable bonds is 5. The molecule has 0 aliphatic carbocycles. The SMILES string of the molecule is COC(=O)[C@H](C)NC(=O)Cc1ccccc1[N+](=O)[O-]. The molecule has 1 aromatic carbocycles. The molecule has 0 spiro atoms. The van der Waals surface area contributed by atoms with E-state index in [1.165, 1.54) is 32.2 Å². The monoisotopic (exact) mass is 266 g/mol. The zero-order valence-electron chi connectivity index (χ0n) is 10.6. The molecule has 1 rings (SSSR count). The van der Waals surface area contributed by atoms with Crippen LogP contribution in [0.2, 0.25) is 0 Å². The van der Waals surface area contributed by atoms with E-state index >= 15 is 0 Å². The lowest BCUT2D eigenvalue weighted by atomic mass is 10.1. The molecule has 0 radical (unpaired) electrons. The Morgan fingerprint density at radius 3 is 2.63 bits per heavy atom. The molecule has 1 atom stereocenters. The van der Waals surface area contributed by atoms with E-state index in [9.17, 15) is 19.7 Å². The third-order valence-corrected chi connectivity index (χ3v) is 2.47. The second-order valence-electron chi connectivity index (χ2n) is 3.87. The minimum atomic E-state index is -0.791. The molecule has 1 N–H and O–H groups in total. The summed E-state index contributed by atoms with van der Waals surface area (Å²) in [6.07, 6.45) is -0.168. The lowest BCUT2D eigenvalue weighted by Crippen LogP contribution is -2.39. The Labute approximate surface area is 109 Å². The van der Waals surface area contributed by atoms with Gasteiger partial charge in [0, 0.05) is 11.6 Å². The van der Waals surface area contributed by atoms with E-state index in [4.69, 9.17) is 0 Å². The molecule has 0 saturated heterocycles. The van der Waals surface area contributed by atoms with Crippen LogP contribution in [-0.2, 0) is 20.7 Å². The minimum absolute atomic E-state index is 0.122. The van der Waals surface area contributed by atoms with Gasteiger partial charge in [0.2, 0.25) is 5.91 Å². The third-order valence-electron chi connectivity index (χ3n) is 2.47. The standard InChI is InChI=1S/C12H14N2O5/c1-8(12(16)19-2)13-11(15)7-9-5-3-4-6-10(9)14(17)18/h3-6,8H,7H2,1-2H3,(H,13,15)/t8-/m0/s1. The van der Waals surface area contributed by atoms with Crippen molar-refractivity contribution in [1.29, 1.82) is 0 Å². The van der Waals surface area contributed by atoms with E-state index in [-0.39, 0.29) is 12.1 Å². The number of nitro benzene ring substituents is 1. The molecule has 0 bridgehead atoms. The fourth-order valence-corrected chi connectivity index (χ4v) is 1.54. The number of benzene rings is 1. The van der Waals surface area contributed by atoms with Crippen molar-refractivity contribution in [1.82, 2.24) is 5.32 Å². The Balaban J connectivity index is 2.72. The number of hydrogen-bond donors (Lipinski definition) is 1. The predicted octanol–water partition coefficient (Wildman–Crippen LogP) is 0.815. The molecule has 1 aromatic rings. The van der Waals surface area contributed by atoms with Gasteiger partial charge in [-0.25, -0.2) is 4.79 Å². The molecule has 0 fully saturated rings. The summed E-state index contributed by atoms with van der Waals surface area (Å²) in [6.45, 7) is 1.48. The highest BCUT2D eigenvalue weighted by Gasteiger charge is 2.19. The fraction of sp³-hybridized carbons (Fsp3) is 0.333. The van der Waals surface area contributed by atoms with E-state index in [2.05, 4.69) is 10.1 Å². The van der Waals surface area contributed by atoms with Gasteiger partial charge in [-0.05, 0) is 6.92 Å². The summed E-state index contributed by atoms with van der Waals surface area (Å²) in [5.74, 6) is -1.05. The predicted molar refractivity (Wildman–Crippen MR) is 66.4 cm³/mol. The van der Waals surface area contributed by atoms with Crippen LogP contribution in [0.1, 0.15) is 12.5 Å². The molecule has 19 heavy (non-hydrogen) atoms. The van der Waals surface area contributed by atoms with Gasteiger partial charge in [0.05, 0.1) is 18.5 Å². The van der Waals surface area contributed by atoms with Crippen molar-refractivity contribution in [3.05, 3.63) is 39.9 Å². The van der Waals surface area contributed by atoms with E-state index in [1.807, 2.05) is 0 Å². The van der Waals surface area contributed by atoms with Crippen molar-refractivity contribution < 1.29 is 19.2 Å². The van der Waals surface area contributed by atoms with Gasteiger partial charge in [0.15, 0.2) is 0 Å². The lowest BCUT2D eigenvalue weighted by molar-refractivity contribution is -0.385. The number of amides is 1. The second kappa shape index (κ2) is 6.48. The third kappa shape index (κ3) is 4.06. The average molecular weight is 266 g/mol. The van der Waals surface area contributed by atoms with E-state index in [1.54, 1.807) is 6.07 Å². The smallest absolute Gasteiger partial charge is 0.328 e. The summed E-state index contributed by atoms with van der Waals surface area (Å²) in [6, 6.07) is 5.17. The molecule has 0 aromatic heterocycles. The molecule has 0 unspecified atom stereocenters. The normalized spacial score (nSPS) is 11.5. The van der Waals surface area contributed by atoms with Crippen molar-refractivity contribution in [2.75, 3.05) is 7.11 Å². The van der Waals surface area contributed by atoms with Crippen molar-refractivity contribution in [2.45, 2.75) is 19.4 Å². The van der Waals surface area contributed by atoms with E-state index in [0.29, 0.717) is 5.56 Å². The Morgan fingerprint density at radius 2 is 2.05 bits per heavy atom. The van der Waals surface area contributed by atoms with Crippen LogP contribution in [0.5, 0.6) is 0 Å². The van der Waals surface area contributed by atoms with Gasteiger partial charge in [0.25, 0.3) is 5.69 Å². The first-order chi connectivity index (χ1) is 8.95. The fourth-order valence-electron chi connectivity index (χ4n) is 1.54. The maximum atomic E-state index is 11.7. The number of ether oxygens (including phenoxy) is 1. The quantitative estimate of drug-likeness (QED) is 0.483. The largest absolute Gasteiger partial charge is 0.467 e. The highest BCUT2D eigenvalue weighted by Crippen LogP contribution is 2.17. The number of nitrogens with one attached hydrogen (secondary N) is 1. The molecule has 7 heteroatoms. The Morgan fingerprint density at radius 1 is 1.42 bits per heavy atom. The Hall–Kier alpha value is -2.44. The number of nitrogens with zero attached hydrogens (tertiary/aromatic N) is 1. The summed E-state index contributed by atoms with van der Waals surface area (Å²) in [7, 11) is 1.22. The molecule has 0 saturated carbocycles. The first kappa shape index (κ1) is 14.6. The first-order valence-electron chi connectivity index (χ1n) is 5.55. The number of para-hydroxylation sites is 1. The Bertz CT molecular complexity index is 501. The summed E-state index contributed by atoms with van der Waals surface area (Å²) in [4.78, 5) is 33.0. The van der Waals surface area contributed by atoms with Crippen LogP contribution in [0.15, 0.2) is 24.3 Å². The van der Waals surface area contributed by atoms with Gasteiger partial charge < -0.3 is 10.1 Å². The average Bonchev–Trinajstić information content (AvgIpc) is 2.37. The molecule has 0 aliphatic heterocycles. The summed E-state index contributed by atoms with van der Waals surface area (Å²) in [5.41, 5.74) is 0.172. The highest BCUT2D eigenvalue weighted by atomic mass is 16.6. The van der Waals surface area contributed by atoms with Crippen molar-refractivity contribution in [3.8, 4) is 0 Å². The zero-order valence-corrected chi connectivity index (χ0v) is 10.6.